The summed E-state index contributed by atoms with van der Waals surface area (Å²) in [5, 5.41) is 0. The summed E-state index contributed by atoms with van der Waals surface area (Å²) in [7, 11) is 0. The lowest BCUT2D eigenvalue weighted by Crippen LogP contribution is -2.51. The van der Waals surface area contributed by atoms with Gasteiger partial charge in [0.05, 0.1) is 5.54 Å². The normalized spacial score (nSPS) is 21.6. The van der Waals surface area contributed by atoms with Gasteiger partial charge in [0.15, 0.2) is 0 Å². The number of nitrogens with zero attached hydrogens (tertiary/aromatic N) is 1. The second-order valence-electron chi connectivity index (χ2n) is 5.93. The van der Waals surface area contributed by atoms with Gasteiger partial charge in [-0.05, 0) is 38.7 Å². The summed E-state index contributed by atoms with van der Waals surface area (Å²) < 4.78 is 0. The highest BCUT2D eigenvalue weighted by Crippen LogP contribution is 2.28. The fourth-order valence-electron chi connectivity index (χ4n) is 2.78. The first-order valence-electron chi connectivity index (χ1n) is 7.12. The van der Waals surface area contributed by atoms with Gasteiger partial charge in [0.1, 0.15) is 0 Å². The Morgan fingerprint density at radius 2 is 2.05 bits per heavy atom. The molecule has 1 atom stereocenters. The van der Waals surface area contributed by atoms with Crippen LogP contribution in [0, 0.1) is 0 Å². The van der Waals surface area contributed by atoms with E-state index in [1.807, 2.05) is 23.1 Å². The van der Waals surface area contributed by atoms with Crippen molar-refractivity contribution in [1.29, 1.82) is 0 Å². The fourth-order valence-corrected chi connectivity index (χ4v) is 2.78. The molecule has 1 saturated heterocycles. The van der Waals surface area contributed by atoms with Crippen LogP contribution >= 0.6 is 0 Å². The van der Waals surface area contributed by atoms with Crippen LogP contribution in [0.25, 0.3) is 0 Å². The van der Waals surface area contributed by atoms with Gasteiger partial charge in [-0.15, -0.1) is 0 Å². The van der Waals surface area contributed by atoms with Gasteiger partial charge in [0.25, 0.3) is 0 Å². The van der Waals surface area contributed by atoms with Crippen LogP contribution in [-0.2, 0) is 11.2 Å². The molecule has 1 unspecified atom stereocenters. The van der Waals surface area contributed by atoms with Crippen molar-refractivity contribution < 1.29 is 4.79 Å². The van der Waals surface area contributed by atoms with E-state index in [9.17, 15) is 4.79 Å². The number of amides is 1. The van der Waals surface area contributed by atoms with Crippen molar-refractivity contribution in [1.82, 2.24) is 4.90 Å². The summed E-state index contributed by atoms with van der Waals surface area (Å²) in [5.41, 5.74) is 7.17. The fraction of sp³-hybridized carbons (Fsp3) is 0.562. The summed E-state index contributed by atoms with van der Waals surface area (Å²) in [6.45, 7) is 4.94. The molecule has 1 aromatic carbocycles. The minimum Gasteiger partial charge on any atom is -0.336 e. The van der Waals surface area contributed by atoms with Crippen molar-refractivity contribution in [2.24, 2.45) is 5.73 Å². The zero-order chi connectivity index (χ0) is 13.9. The quantitative estimate of drug-likeness (QED) is 0.903. The minimum atomic E-state index is -0.191. The second-order valence-corrected chi connectivity index (χ2v) is 5.93. The Hall–Kier alpha value is -1.35. The summed E-state index contributed by atoms with van der Waals surface area (Å²) in [5.74, 6) is 0.244. The topological polar surface area (TPSA) is 46.3 Å². The number of carbonyl (C=O) groups is 1. The Balaban J connectivity index is 1.82. The van der Waals surface area contributed by atoms with Gasteiger partial charge >= 0.3 is 0 Å². The van der Waals surface area contributed by atoms with E-state index in [-0.39, 0.29) is 17.5 Å². The lowest BCUT2D eigenvalue weighted by molar-refractivity contribution is -0.134. The van der Waals surface area contributed by atoms with E-state index in [0.29, 0.717) is 6.42 Å². The number of nitrogens with two attached hydrogens (primary N) is 1. The first kappa shape index (κ1) is 14.1. The highest BCUT2D eigenvalue weighted by Gasteiger charge is 2.41. The van der Waals surface area contributed by atoms with E-state index in [1.54, 1.807) is 0 Å². The largest absolute Gasteiger partial charge is 0.336 e. The Morgan fingerprint density at radius 1 is 1.37 bits per heavy atom. The molecular weight excluding hydrogens is 236 g/mol. The lowest BCUT2D eigenvalue weighted by Gasteiger charge is -2.34. The van der Waals surface area contributed by atoms with Crippen LogP contribution in [0.1, 0.15) is 38.7 Å². The summed E-state index contributed by atoms with van der Waals surface area (Å²) >= 11 is 0. The number of benzene rings is 1. The van der Waals surface area contributed by atoms with Crippen LogP contribution in [0.5, 0.6) is 0 Å². The van der Waals surface area contributed by atoms with Crippen LogP contribution in [0.4, 0.5) is 0 Å². The van der Waals surface area contributed by atoms with E-state index in [2.05, 4.69) is 26.0 Å². The Morgan fingerprint density at radius 3 is 2.63 bits per heavy atom. The molecule has 1 aromatic rings. The highest BCUT2D eigenvalue weighted by atomic mass is 16.2. The molecule has 0 bridgehead atoms. The molecule has 2 N–H and O–H groups in total. The average molecular weight is 260 g/mol. The molecule has 0 aliphatic carbocycles. The van der Waals surface area contributed by atoms with E-state index in [1.165, 1.54) is 5.56 Å². The molecule has 0 spiro atoms. The molecule has 2 rings (SSSR count). The maximum absolute atomic E-state index is 12.3. The first-order valence-corrected chi connectivity index (χ1v) is 7.12. The van der Waals surface area contributed by atoms with Gasteiger partial charge < -0.3 is 10.6 Å². The Bertz CT molecular complexity index is 428. The van der Waals surface area contributed by atoms with E-state index >= 15 is 0 Å². The molecule has 1 amide bonds. The zero-order valence-electron chi connectivity index (χ0n) is 11.9. The first-order chi connectivity index (χ1) is 9.01. The van der Waals surface area contributed by atoms with Crippen molar-refractivity contribution in [3.8, 4) is 0 Å². The lowest BCUT2D eigenvalue weighted by atomic mass is 9.96. The molecule has 1 aliphatic heterocycles. The third kappa shape index (κ3) is 3.16. The van der Waals surface area contributed by atoms with Gasteiger partial charge in [-0.25, -0.2) is 0 Å². The smallest absolute Gasteiger partial charge is 0.223 e. The zero-order valence-corrected chi connectivity index (χ0v) is 11.9. The van der Waals surface area contributed by atoms with Crippen LogP contribution in [0.15, 0.2) is 30.3 Å². The van der Waals surface area contributed by atoms with E-state index < -0.39 is 0 Å². The molecule has 3 nitrogen and oxygen atoms in total. The van der Waals surface area contributed by atoms with Gasteiger partial charge in [-0.1, -0.05) is 30.3 Å². The van der Waals surface area contributed by atoms with Crippen molar-refractivity contribution >= 4 is 5.91 Å². The summed E-state index contributed by atoms with van der Waals surface area (Å²) in [6, 6.07) is 10.4. The number of rotatable bonds is 4. The third-order valence-corrected chi connectivity index (χ3v) is 4.27. The predicted octanol–water partition coefficient (Wildman–Crippen LogP) is 2.35. The molecule has 19 heavy (non-hydrogen) atoms. The Kier molecular flexibility index (Phi) is 4.25. The maximum Gasteiger partial charge on any atom is 0.223 e. The molecule has 0 saturated carbocycles. The van der Waals surface area contributed by atoms with E-state index in [0.717, 1.165) is 25.8 Å². The van der Waals surface area contributed by atoms with Crippen molar-refractivity contribution in [2.45, 2.75) is 51.1 Å². The number of likely N-dealkylation sites (tertiary alicyclic amines) is 1. The molecule has 1 aliphatic rings. The number of carbonyl (C=O) groups excluding carboxylic acids is 1. The van der Waals surface area contributed by atoms with E-state index in [4.69, 9.17) is 5.73 Å². The molecule has 0 aromatic heterocycles. The molecule has 104 valence electrons. The number of aryl methyl sites for hydroxylation is 1. The highest BCUT2D eigenvalue weighted by molar-refractivity contribution is 5.77. The van der Waals surface area contributed by atoms with Gasteiger partial charge in [0, 0.05) is 19.0 Å². The van der Waals surface area contributed by atoms with Crippen molar-refractivity contribution in [3.63, 3.8) is 0 Å². The van der Waals surface area contributed by atoms with Crippen molar-refractivity contribution in [2.75, 3.05) is 6.54 Å². The van der Waals surface area contributed by atoms with Gasteiger partial charge in [0.2, 0.25) is 5.91 Å². The van der Waals surface area contributed by atoms with Gasteiger partial charge in [-0.2, -0.15) is 0 Å². The summed E-state index contributed by atoms with van der Waals surface area (Å²) in [4.78, 5) is 14.2. The van der Waals surface area contributed by atoms with Crippen LogP contribution < -0.4 is 5.73 Å². The maximum atomic E-state index is 12.3. The molecule has 1 heterocycles. The van der Waals surface area contributed by atoms with Crippen LogP contribution in [-0.4, -0.2) is 28.9 Å². The van der Waals surface area contributed by atoms with Crippen molar-refractivity contribution in [3.05, 3.63) is 35.9 Å². The SMILES string of the molecule is CC1(C)C(N)CCN1C(=O)CCCc1ccccc1. The third-order valence-electron chi connectivity index (χ3n) is 4.27. The second kappa shape index (κ2) is 5.74. The molecule has 3 heteroatoms. The molecule has 0 radical (unpaired) electrons. The van der Waals surface area contributed by atoms with Gasteiger partial charge in [-0.3, -0.25) is 4.79 Å². The molecule has 1 fully saturated rings. The number of hydrogen-bond donors (Lipinski definition) is 1. The minimum absolute atomic E-state index is 0.102. The summed E-state index contributed by atoms with van der Waals surface area (Å²) in [6.07, 6.45) is 3.40. The monoisotopic (exact) mass is 260 g/mol. The average Bonchev–Trinajstić information content (AvgIpc) is 2.65. The standard InChI is InChI=1S/C16H24N2O/c1-16(2)14(17)11-12-18(16)15(19)10-6-9-13-7-4-3-5-8-13/h3-5,7-8,14H,6,9-12,17H2,1-2H3. The van der Waals surface area contributed by atoms with Crippen LogP contribution in [0.3, 0.4) is 0 Å². The predicted molar refractivity (Wildman–Crippen MR) is 77.8 cm³/mol. The Labute approximate surface area is 115 Å². The molecular formula is C16H24N2O. The van der Waals surface area contributed by atoms with Crippen LogP contribution in [0.2, 0.25) is 0 Å². The number of hydrogen-bond acceptors (Lipinski definition) is 2.